The van der Waals surface area contributed by atoms with Crippen molar-refractivity contribution in [3.63, 3.8) is 0 Å². The number of urea groups is 1. The third kappa shape index (κ3) is 1.17. The Hall–Kier alpha value is -1.71. The van der Waals surface area contributed by atoms with Gasteiger partial charge in [0.2, 0.25) is 0 Å². The summed E-state index contributed by atoms with van der Waals surface area (Å²) in [4.78, 5) is 13.6. The van der Waals surface area contributed by atoms with Crippen LogP contribution in [0.2, 0.25) is 0 Å². The largest absolute Gasteiger partial charge is 0.399 e. The number of nitrogens with one attached hydrogen (secondary N) is 1. The number of rotatable bonds is 1. The van der Waals surface area contributed by atoms with E-state index in [4.69, 9.17) is 5.73 Å². The number of hydrogen-bond acceptors (Lipinski definition) is 2. The van der Waals surface area contributed by atoms with Crippen LogP contribution < -0.4 is 16.0 Å². The van der Waals surface area contributed by atoms with Crippen LogP contribution >= 0.6 is 0 Å². The molecule has 1 saturated heterocycles. The maximum atomic E-state index is 11.7. The summed E-state index contributed by atoms with van der Waals surface area (Å²) >= 11 is 0. The Labute approximate surface area is 88.1 Å². The van der Waals surface area contributed by atoms with Crippen LogP contribution in [0.5, 0.6) is 0 Å². The number of nitrogens with two attached hydrogens (primary N) is 1. The van der Waals surface area contributed by atoms with E-state index in [1.165, 1.54) is 0 Å². The van der Waals surface area contributed by atoms with Gasteiger partial charge in [-0.2, -0.15) is 0 Å². The predicted molar refractivity (Wildman–Crippen MR) is 58.7 cm³/mol. The molecule has 1 saturated carbocycles. The van der Waals surface area contributed by atoms with Crippen molar-refractivity contribution in [1.29, 1.82) is 0 Å². The molecule has 1 heterocycles. The zero-order valence-electron chi connectivity index (χ0n) is 8.36. The summed E-state index contributed by atoms with van der Waals surface area (Å²) in [5.74, 6) is 0. The highest BCUT2D eigenvalue weighted by molar-refractivity contribution is 5.97. The van der Waals surface area contributed by atoms with E-state index >= 15 is 0 Å². The molecule has 2 aliphatic rings. The molecular weight excluding hydrogens is 190 g/mol. The Morgan fingerprint density at radius 3 is 2.53 bits per heavy atom. The number of carbonyl (C=O) groups is 1. The molecular formula is C11H13N3O. The van der Waals surface area contributed by atoms with E-state index in [-0.39, 0.29) is 11.6 Å². The average Bonchev–Trinajstić information content (AvgIpc) is 2.92. The number of benzene rings is 1. The van der Waals surface area contributed by atoms with Gasteiger partial charge in [0.1, 0.15) is 0 Å². The molecule has 0 aromatic heterocycles. The molecule has 15 heavy (non-hydrogen) atoms. The van der Waals surface area contributed by atoms with Crippen LogP contribution in [0, 0.1) is 0 Å². The maximum Gasteiger partial charge on any atom is 0.322 e. The van der Waals surface area contributed by atoms with Gasteiger partial charge in [-0.25, -0.2) is 4.79 Å². The minimum absolute atomic E-state index is 0.0114. The van der Waals surface area contributed by atoms with Gasteiger partial charge < -0.3 is 11.1 Å². The lowest BCUT2D eigenvalue weighted by molar-refractivity contribution is 0.251. The molecule has 2 fully saturated rings. The van der Waals surface area contributed by atoms with Crippen molar-refractivity contribution in [3.8, 4) is 0 Å². The lowest BCUT2D eigenvalue weighted by atomic mass is 10.2. The first-order valence-corrected chi connectivity index (χ1v) is 5.15. The molecule has 1 aliphatic carbocycles. The van der Waals surface area contributed by atoms with Gasteiger partial charge in [-0.3, -0.25) is 4.90 Å². The van der Waals surface area contributed by atoms with Crippen LogP contribution in [0.15, 0.2) is 24.3 Å². The summed E-state index contributed by atoms with van der Waals surface area (Å²) in [5.41, 5.74) is 7.35. The molecule has 1 aliphatic heterocycles. The standard InChI is InChI=1S/C11H13N3O/c12-8-1-3-9(4-2-8)14-10(15)13-7-11(14)5-6-11/h1-4H,5-7,12H2,(H,13,15). The van der Waals surface area contributed by atoms with Crippen molar-refractivity contribution in [3.05, 3.63) is 24.3 Å². The van der Waals surface area contributed by atoms with Gasteiger partial charge in [0.15, 0.2) is 0 Å². The molecule has 0 atom stereocenters. The maximum absolute atomic E-state index is 11.7. The lowest BCUT2D eigenvalue weighted by Gasteiger charge is -2.22. The van der Waals surface area contributed by atoms with E-state index in [1.54, 1.807) is 0 Å². The van der Waals surface area contributed by atoms with Crippen molar-refractivity contribution in [2.75, 3.05) is 17.2 Å². The molecule has 0 unspecified atom stereocenters. The Bertz CT molecular complexity index is 408. The van der Waals surface area contributed by atoms with E-state index in [0.29, 0.717) is 0 Å². The highest BCUT2D eigenvalue weighted by Gasteiger charge is 2.55. The third-order valence-electron chi connectivity index (χ3n) is 3.22. The van der Waals surface area contributed by atoms with Crippen LogP contribution in [0.4, 0.5) is 16.2 Å². The molecule has 1 aromatic rings. The second-order valence-corrected chi connectivity index (χ2v) is 4.31. The summed E-state index contributed by atoms with van der Waals surface area (Å²) in [6.45, 7) is 0.774. The normalized spacial score (nSPS) is 21.9. The molecule has 1 aromatic carbocycles. The van der Waals surface area contributed by atoms with Crippen molar-refractivity contribution in [2.45, 2.75) is 18.4 Å². The van der Waals surface area contributed by atoms with Gasteiger partial charge in [0.25, 0.3) is 0 Å². The lowest BCUT2D eigenvalue weighted by Crippen LogP contribution is -2.35. The van der Waals surface area contributed by atoms with Crippen LogP contribution in [0.1, 0.15) is 12.8 Å². The summed E-state index contributed by atoms with van der Waals surface area (Å²) < 4.78 is 0. The molecule has 0 bridgehead atoms. The number of nitrogen functional groups attached to an aromatic ring is 1. The van der Waals surface area contributed by atoms with E-state index < -0.39 is 0 Å². The Morgan fingerprint density at radius 2 is 1.93 bits per heavy atom. The molecule has 4 nitrogen and oxygen atoms in total. The van der Waals surface area contributed by atoms with Crippen molar-refractivity contribution < 1.29 is 4.79 Å². The quantitative estimate of drug-likeness (QED) is 0.676. The minimum atomic E-state index is 0.0114. The Kier molecular flexibility index (Phi) is 1.52. The molecule has 3 rings (SSSR count). The van der Waals surface area contributed by atoms with Gasteiger partial charge in [0.05, 0.1) is 5.54 Å². The summed E-state index contributed by atoms with van der Waals surface area (Å²) in [6.07, 6.45) is 2.19. The molecule has 1 spiro atoms. The summed E-state index contributed by atoms with van der Waals surface area (Å²) in [6, 6.07) is 7.48. The predicted octanol–water partition coefficient (Wildman–Crippen LogP) is 1.33. The number of anilines is 2. The first kappa shape index (κ1) is 8.59. The minimum Gasteiger partial charge on any atom is -0.399 e. The van der Waals surface area contributed by atoms with E-state index in [0.717, 1.165) is 30.8 Å². The Balaban J connectivity index is 1.98. The third-order valence-corrected chi connectivity index (χ3v) is 3.22. The second kappa shape index (κ2) is 2.66. The first-order valence-electron chi connectivity index (χ1n) is 5.15. The summed E-state index contributed by atoms with van der Waals surface area (Å²) in [5, 5.41) is 2.89. The van der Waals surface area contributed by atoms with Crippen molar-refractivity contribution in [2.24, 2.45) is 0 Å². The number of amides is 2. The monoisotopic (exact) mass is 203 g/mol. The number of hydrogen-bond donors (Lipinski definition) is 2. The fourth-order valence-electron chi connectivity index (χ4n) is 2.17. The SMILES string of the molecule is Nc1ccc(N2C(=O)NCC23CC3)cc1. The second-order valence-electron chi connectivity index (χ2n) is 4.31. The Morgan fingerprint density at radius 1 is 1.27 bits per heavy atom. The topological polar surface area (TPSA) is 58.4 Å². The molecule has 0 radical (unpaired) electrons. The molecule has 2 amide bonds. The number of carbonyl (C=O) groups excluding carboxylic acids is 1. The smallest absolute Gasteiger partial charge is 0.322 e. The van der Waals surface area contributed by atoms with Gasteiger partial charge >= 0.3 is 6.03 Å². The molecule has 4 heteroatoms. The van der Waals surface area contributed by atoms with Crippen LogP contribution in [-0.2, 0) is 0 Å². The summed E-state index contributed by atoms with van der Waals surface area (Å²) in [7, 11) is 0. The zero-order valence-corrected chi connectivity index (χ0v) is 8.36. The van der Waals surface area contributed by atoms with Crippen LogP contribution in [-0.4, -0.2) is 18.1 Å². The highest BCUT2D eigenvalue weighted by Crippen LogP contribution is 2.46. The highest BCUT2D eigenvalue weighted by atomic mass is 16.2. The van der Waals surface area contributed by atoms with Gasteiger partial charge in [-0.1, -0.05) is 0 Å². The fraction of sp³-hybridized carbons (Fsp3) is 0.364. The van der Waals surface area contributed by atoms with Gasteiger partial charge in [-0.15, -0.1) is 0 Å². The zero-order chi connectivity index (χ0) is 10.5. The van der Waals surface area contributed by atoms with Gasteiger partial charge in [-0.05, 0) is 37.1 Å². The van der Waals surface area contributed by atoms with E-state index in [1.807, 2.05) is 29.2 Å². The van der Waals surface area contributed by atoms with E-state index in [9.17, 15) is 4.79 Å². The first-order chi connectivity index (χ1) is 7.21. The number of nitrogens with zero attached hydrogens (tertiary/aromatic N) is 1. The van der Waals surface area contributed by atoms with Crippen LogP contribution in [0.25, 0.3) is 0 Å². The van der Waals surface area contributed by atoms with Gasteiger partial charge in [0, 0.05) is 17.9 Å². The van der Waals surface area contributed by atoms with E-state index in [2.05, 4.69) is 5.32 Å². The average molecular weight is 203 g/mol. The van der Waals surface area contributed by atoms with Crippen LogP contribution in [0.3, 0.4) is 0 Å². The molecule has 78 valence electrons. The van der Waals surface area contributed by atoms with Crippen molar-refractivity contribution >= 4 is 17.4 Å². The fourth-order valence-corrected chi connectivity index (χ4v) is 2.17. The molecule has 3 N–H and O–H groups in total. The van der Waals surface area contributed by atoms with Crippen molar-refractivity contribution in [1.82, 2.24) is 5.32 Å².